The van der Waals surface area contributed by atoms with Crippen LogP contribution in [0.3, 0.4) is 0 Å². The van der Waals surface area contributed by atoms with Crippen molar-refractivity contribution < 1.29 is 0 Å². The molecule has 1 heterocycles. The standard InChI is InChI=1S/C17H23BrN2/c1-2-10-20-16-9-4-3-8-15(16)19-17(20)12-13-6-5-7-14(18)11-13/h3-4,8-9,13-14H,2,5-7,10-12H2,1H3. The van der Waals surface area contributed by atoms with E-state index in [4.69, 9.17) is 4.98 Å². The molecule has 1 aromatic carbocycles. The number of aromatic nitrogens is 2. The maximum atomic E-state index is 4.90. The molecule has 0 aliphatic heterocycles. The summed E-state index contributed by atoms with van der Waals surface area (Å²) in [6, 6.07) is 8.55. The van der Waals surface area contributed by atoms with E-state index in [-0.39, 0.29) is 0 Å². The Morgan fingerprint density at radius 1 is 1.30 bits per heavy atom. The van der Waals surface area contributed by atoms with Crippen LogP contribution < -0.4 is 0 Å². The van der Waals surface area contributed by atoms with Gasteiger partial charge in [-0.05, 0) is 43.7 Å². The lowest BCUT2D eigenvalue weighted by Gasteiger charge is -2.25. The second-order valence-corrected chi connectivity index (χ2v) is 7.30. The molecule has 3 rings (SSSR count). The topological polar surface area (TPSA) is 17.8 Å². The van der Waals surface area contributed by atoms with Gasteiger partial charge in [0.05, 0.1) is 11.0 Å². The van der Waals surface area contributed by atoms with E-state index < -0.39 is 0 Å². The molecule has 0 N–H and O–H groups in total. The van der Waals surface area contributed by atoms with Crippen LogP contribution in [0.1, 0.15) is 44.9 Å². The molecule has 1 saturated carbocycles. The molecule has 1 aliphatic rings. The Kier molecular flexibility index (Phi) is 4.45. The number of benzene rings is 1. The summed E-state index contributed by atoms with van der Waals surface area (Å²) >= 11 is 3.80. The first-order valence-electron chi connectivity index (χ1n) is 7.86. The molecule has 2 unspecified atom stereocenters. The normalized spacial score (nSPS) is 23.3. The Morgan fingerprint density at radius 3 is 2.95 bits per heavy atom. The zero-order valence-corrected chi connectivity index (χ0v) is 13.8. The van der Waals surface area contributed by atoms with Crippen LogP contribution >= 0.6 is 15.9 Å². The molecule has 2 nitrogen and oxygen atoms in total. The molecule has 0 bridgehead atoms. The monoisotopic (exact) mass is 334 g/mol. The molecule has 0 amide bonds. The van der Waals surface area contributed by atoms with Gasteiger partial charge in [-0.25, -0.2) is 4.98 Å². The average Bonchev–Trinajstić information content (AvgIpc) is 2.77. The van der Waals surface area contributed by atoms with Crippen molar-refractivity contribution in [2.75, 3.05) is 0 Å². The zero-order chi connectivity index (χ0) is 13.9. The van der Waals surface area contributed by atoms with Crippen LogP contribution in [0, 0.1) is 5.92 Å². The highest BCUT2D eigenvalue weighted by molar-refractivity contribution is 9.09. The number of fused-ring (bicyclic) bond motifs is 1. The maximum absolute atomic E-state index is 4.90. The largest absolute Gasteiger partial charge is 0.328 e. The zero-order valence-electron chi connectivity index (χ0n) is 12.2. The van der Waals surface area contributed by atoms with Crippen molar-refractivity contribution in [3.8, 4) is 0 Å². The van der Waals surface area contributed by atoms with E-state index in [1.807, 2.05) is 0 Å². The predicted octanol–water partition coefficient (Wildman–Crippen LogP) is 4.94. The number of aryl methyl sites for hydroxylation is 1. The SMILES string of the molecule is CCCn1c(CC2CCCC(Br)C2)nc2ccccc21. The van der Waals surface area contributed by atoms with Gasteiger partial charge in [-0.3, -0.25) is 0 Å². The summed E-state index contributed by atoms with van der Waals surface area (Å²) in [7, 11) is 0. The Hall–Kier alpha value is -0.830. The lowest BCUT2D eigenvalue weighted by Crippen LogP contribution is -2.19. The van der Waals surface area contributed by atoms with Crippen LogP contribution in [0.5, 0.6) is 0 Å². The van der Waals surface area contributed by atoms with Gasteiger partial charge in [0.15, 0.2) is 0 Å². The third-order valence-corrected chi connectivity index (χ3v) is 5.20. The second kappa shape index (κ2) is 6.30. The summed E-state index contributed by atoms with van der Waals surface area (Å²) in [6.45, 7) is 3.33. The molecule has 108 valence electrons. The summed E-state index contributed by atoms with van der Waals surface area (Å²) in [5.74, 6) is 2.08. The van der Waals surface area contributed by atoms with E-state index in [0.29, 0.717) is 4.83 Å². The number of rotatable bonds is 4. The highest BCUT2D eigenvalue weighted by atomic mass is 79.9. The van der Waals surface area contributed by atoms with Gasteiger partial charge in [0.2, 0.25) is 0 Å². The Labute approximate surface area is 129 Å². The number of hydrogen-bond acceptors (Lipinski definition) is 1. The van der Waals surface area contributed by atoms with E-state index in [2.05, 4.69) is 51.7 Å². The van der Waals surface area contributed by atoms with Gasteiger partial charge in [-0.15, -0.1) is 0 Å². The lowest BCUT2D eigenvalue weighted by molar-refractivity contribution is 0.358. The van der Waals surface area contributed by atoms with Crippen molar-refractivity contribution in [2.24, 2.45) is 5.92 Å². The fourth-order valence-electron chi connectivity index (χ4n) is 3.42. The Morgan fingerprint density at radius 2 is 2.15 bits per heavy atom. The summed E-state index contributed by atoms with van der Waals surface area (Å²) in [4.78, 5) is 5.61. The Bertz CT molecular complexity index is 575. The molecule has 0 saturated heterocycles. The first-order chi connectivity index (χ1) is 9.78. The Balaban J connectivity index is 1.87. The van der Waals surface area contributed by atoms with Crippen molar-refractivity contribution in [1.82, 2.24) is 9.55 Å². The minimum Gasteiger partial charge on any atom is -0.328 e. The van der Waals surface area contributed by atoms with Gasteiger partial charge in [0, 0.05) is 17.8 Å². The van der Waals surface area contributed by atoms with Gasteiger partial charge in [0.1, 0.15) is 5.82 Å². The van der Waals surface area contributed by atoms with Crippen LogP contribution in [0.2, 0.25) is 0 Å². The number of nitrogens with zero attached hydrogens (tertiary/aromatic N) is 2. The second-order valence-electron chi connectivity index (χ2n) is 6.00. The number of alkyl halides is 1. The summed E-state index contributed by atoms with van der Waals surface area (Å²) in [5, 5.41) is 0. The highest BCUT2D eigenvalue weighted by Gasteiger charge is 2.22. The van der Waals surface area contributed by atoms with Crippen LogP contribution in [-0.2, 0) is 13.0 Å². The van der Waals surface area contributed by atoms with E-state index in [1.165, 1.54) is 43.4 Å². The first-order valence-corrected chi connectivity index (χ1v) is 8.77. The van der Waals surface area contributed by atoms with E-state index in [0.717, 1.165) is 24.4 Å². The molecule has 1 aromatic heterocycles. The smallest absolute Gasteiger partial charge is 0.110 e. The highest BCUT2D eigenvalue weighted by Crippen LogP contribution is 2.31. The molecular weight excluding hydrogens is 312 g/mol. The minimum atomic E-state index is 0.713. The maximum Gasteiger partial charge on any atom is 0.110 e. The van der Waals surface area contributed by atoms with Gasteiger partial charge < -0.3 is 4.57 Å². The fraction of sp³-hybridized carbons (Fsp3) is 0.588. The molecule has 2 aromatic rings. The quantitative estimate of drug-likeness (QED) is 0.724. The van der Waals surface area contributed by atoms with Gasteiger partial charge in [0.25, 0.3) is 0 Å². The predicted molar refractivity (Wildman–Crippen MR) is 88.4 cm³/mol. The average molecular weight is 335 g/mol. The third kappa shape index (κ3) is 2.93. The van der Waals surface area contributed by atoms with Crippen molar-refractivity contribution in [3.63, 3.8) is 0 Å². The van der Waals surface area contributed by atoms with Gasteiger partial charge >= 0.3 is 0 Å². The van der Waals surface area contributed by atoms with E-state index in [9.17, 15) is 0 Å². The molecule has 1 aliphatic carbocycles. The first kappa shape index (κ1) is 14.1. The van der Waals surface area contributed by atoms with Crippen LogP contribution in [0.25, 0.3) is 11.0 Å². The molecule has 1 fully saturated rings. The molecule has 2 atom stereocenters. The number of halogens is 1. The number of para-hydroxylation sites is 2. The molecule has 0 spiro atoms. The summed E-state index contributed by atoms with van der Waals surface area (Å²) < 4.78 is 2.44. The minimum absolute atomic E-state index is 0.713. The number of imidazole rings is 1. The van der Waals surface area contributed by atoms with Crippen LogP contribution in [-0.4, -0.2) is 14.4 Å². The lowest BCUT2D eigenvalue weighted by atomic mass is 9.86. The number of hydrogen-bond donors (Lipinski definition) is 0. The molecule has 0 radical (unpaired) electrons. The van der Waals surface area contributed by atoms with Crippen LogP contribution in [0.4, 0.5) is 0 Å². The van der Waals surface area contributed by atoms with Crippen molar-refractivity contribution in [3.05, 3.63) is 30.1 Å². The van der Waals surface area contributed by atoms with Gasteiger partial charge in [-0.2, -0.15) is 0 Å². The summed E-state index contributed by atoms with van der Waals surface area (Å²) in [6.07, 6.45) is 7.65. The third-order valence-electron chi connectivity index (χ3n) is 4.37. The fourth-order valence-corrected chi connectivity index (χ4v) is 4.28. The van der Waals surface area contributed by atoms with Crippen molar-refractivity contribution in [1.29, 1.82) is 0 Å². The van der Waals surface area contributed by atoms with Gasteiger partial charge in [-0.1, -0.05) is 41.4 Å². The summed E-state index contributed by atoms with van der Waals surface area (Å²) in [5.41, 5.74) is 2.46. The van der Waals surface area contributed by atoms with Crippen LogP contribution in [0.15, 0.2) is 24.3 Å². The van der Waals surface area contributed by atoms with Crippen molar-refractivity contribution >= 4 is 27.0 Å². The van der Waals surface area contributed by atoms with E-state index in [1.54, 1.807) is 0 Å². The molecular formula is C17H23BrN2. The van der Waals surface area contributed by atoms with E-state index >= 15 is 0 Å². The molecule has 3 heteroatoms. The van der Waals surface area contributed by atoms with Crippen molar-refractivity contribution in [2.45, 2.75) is 56.8 Å². The molecule has 20 heavy (non-hydrogen) atoms.